The van der Waals surface area contributed by atoms with E-state index in [1.54, 1.807) is 0 Å². The van der Waals surface area contributed by atoms with Crippen LogP contribution in [0.5, 0.6) is 0 Å². The Balaban J connectivity index is 3.93. The van der Waals surface area contributed by atoms with Crippen molar-refractivity contribution in [1.29, 1.82) is 0 Å². The molecule has 1 unspecified atom stereocenters. The lowest BCUT2D eigenvalue weighted by Crippen LogP contribution is -2.49. The number of likely N-dealkylation sites (N-methyl/N-ethyl adjacent to an activating group) is 1. The van der Waals surface area contributed by atoms with Gasteiger partial charge in [-0.1, -0.05) is 56.9 Å². The van der Waals surface area contributed by atoms with E-state index in [0.717, 1.165) is 12.8 Å². The summed E-state index contributed by atoms with van der Waals surface area (Å²) in [5.74, 6) is 0. The third-order valence-electron chi connectivity index (χ3n) is 4.53. The van der Waals surface area contributed by atoms with Crippen LogP contribution in [0.15, 0.2) is 24.3 Å². The van der Waals surface area contributed by atoms with Crippen LogP contribution in [0.1, 0.15) is 77.6 Å². The first-order valence-electron chi connectivity index (χ1n) is 10.4. The van der Waals surface area contributed by atoms with Gasteiger partial charge < -0.3 is 19.4 Å². The Morgan fingerprint density at radius 3 is 1.67 bits per heavy atom. The molecule has 0 radical (unpaired) electrons. The fourth-order valence-electron chi connectivity index (χ4n) is 3.06. The van der Waals surface area contributed by atoms with E-state index in [1.807, 2.05) is 27.2 Å². The number of hydrogen-bond donors (Lipinski definition) is 3. The molecule has 0 aliphatic heterocycles. The standard InChI is InChI=1S/C21H42NO4P/c1-5-6-7-8-9-10-11-12-13-14-15-16-17-18-19-21(23,27(24,25)26)20-22(2,3)4/h8-9,16-17,23H,5-7,10-15,18-20H2,1-4H3,(H-,24,25,26)/p+1/b9-8-,17-16-. The van der Waals surface area contributed by atoms with Crippen LogP contribution in [-0.2, 0) is 4.57 Å². The average Bonchev–Trinajstić information content (AvgIpc) is 2.52. The maximum absolute atomic E-state index is 11.7. The molecule has 0 aromatic heterocycles. The Labute approximate surface area is 166 Å². The number of unbranched alkanes of at least 4 members (excludes halogenated alkanes) is 7. The number of aliphatic hydroxyl groups is 1. The molecule has 0 aliphatic carbocycles. The second-order valence-corrected chi connectivity index (χ2v) is 10.5. The smallest absolute Gasteiger partial charge is 0.362 e. The average molecular weight is 405 g/mol. The van der Waals surface area contributed by atoms with E-state index in [9.17, 15) is 19.5 Å². The molecule has 0 aromatic carbocycles. The van der Waals surface area contributed by atoms with Crippen LogP contribution >= 0.6 is 7.60 Å². The third kappa shape index (κ3) is 14.2. The molecule has 0 fully saturated rings. The summed E-state index contributed by atoms with van der Waals surface area (Å²) in [7, 11) is 0.881. The van der Waals surface area contributed by atoms with Gasteiger partial charge in [0.25, 0.3) is 0 Å². The lowest BCUT2D eigenvalue weighted by Gasteiger charge is -2.35. The molecule has 3 N–H and O–H groups in total. The van der Waals surface area contributed by atoms with E-state index in [2.05, 4.69) is 25.2 Å². The molecule has 0 saturated heterocycles. The summed E-state index contributed by atoms with van der Waals surface area (Å²) in [4.78, 5) is 19.1. The van der Waals surface area contributed by atoms with Gasteiger partial charge in [-0.15, -0.1) is 0 Å². The molecule has 160 valence electrons. The van der Waals surface area contributed by atoms with Crippen LogP contribution in [0, 0.1) is 0 Å². The van der Waals surface area contributed by atoms with Gasteiger partial charge in [0.1, 0.15) is 6.54 Å². The van der Waals surface area contributed by atoms with Gasteiger partial charge in [0.05, 0.1) is 21.1 Å². The van der Waals surface area contributed by atoms with Crippen molar-refractivity contribution >= 4 is 7.60 Å². The molecule has 5 nitrogen and oxygen atoms in total. The normalized spacial score (nSPS) is 15.7. The van der Waals surface area contributed by atoms with Gasteiger partial charge in [-0.05, 0) is 44.9 Å². The van der Waals surface area contributed by atoms with E-state index in [-0.39, 0.29) is 13.0 Å². The van der Waals surface area contributed by atoms with Crippen LogP contribution < -0.4 is 0 Å². The number of hydrogen-bond acceptors (Lipinski definition) is 2. The number of allylic oxidation sites excluding steroid dienone is 4. The van der Waals surface area contributed by atoms with Crippen molar-refractivity contribution < 1.29 is 23.9 Å². The largest absolute Gasteiger partial charge is 0.373 e. The Hall–Kier alpha value is -0.450. The molecule has 1 atom stereocenters. The molecule has 0 bridgehead atoms. The molecule has 0 rings (SSSR count). The summed E-state index contributed by atoms with van der Waals surface area (Å²) in [5.41, 5.74) is 0. The first kappa shape index (κ1) is 26.6. The molecule has 27 heavy (non-hydrogen) atoms. The van der Waals surface area contributed by atoms with E-state index >= 15 is 0 Å². The molecule has 0 saturated carbocycles. The van der Waals surface area contributed by atoms with Crippen molar-refractivity contribution in [2.75, 3.05) is 27.7 Å². The number of nitrogens with zero attached hydrogens (tertiary/aromatic N) is 1. The van der Waals surface area contributed by atoms with Crippen molar-refractivity contribution in [1.82, 2.24) is 0 Å². The van der Waals surface area contributed by atoms with Gasteiger partial charge in [0.2, 0.25) is 5.34 Å². The zero-order valence-corrected chi connectivity index (χ0v) is 18.8. The van der Waals surface area contributed by atoms with Crippen molar-refractivity contribution in [3.8, 4) is 0 Å². The summed E-state index contributed by atoms with van der Waals surface area (Å²) in [6.07, 6.45) is 19.9. The highest BCUT2D eigenvalue weighted by molar-refractivity contribution is 7.53. The zero-order valence-electron chi connectivity index (χ0n) is 17.9. The maximum atomic E-state index is 11.7. The Kier molecular flexibility index (Phi) is 13.5. The maximum Gasteiger partial charge on any atom is 0.362 e. The van der Waals surface area contributed by atoms with Gasteiger partial charge in [-0.2, -0.15) is 0 Å². The molecule has 0 aromatic rings. The highest BCUT2D eigenvalue weighted by atomic mass is 31.2. The Morgan fingerprint density at radius 2 is 1.26 bits per heavy atom. The van der Waals surface area contributed by atoms with Crippen LogP contribution in [0.3, 0.4) is 0 Å². The van der Waals surface area contributed by atoms with Gasteiger partial charge in [-0.3, -0.25) is 4.57 Å². The van der Waals surface area contributed by atoms with E-state index in [1.165, 1.54) is 44.9 Å². The summed E-state index contributed by atoms with van der Waals surface area (Å²) >= 11 is 0. The number of quaternary nitrogens is 1. The van der Waals surface area contributed by atoms with Crippen LogP contribution in [0.4, 0.5) is 0 Å². The molecular formula is C21H43NO4P+. The van der Waals surface area contributed by atoms with Gasteiger partial charge in [0, 0.05) is 0 Å². The first-order valence-corrected chi connectivity index (χ1v) is 12.0. The van der Waals surface area contributed by atoms with Crippen molar-refractivity contribution in [3.05, 3.63) is 24.3 Å². The topological polar surface area (TPSA) is 77.8 Å². The van der Waals surface area contributed by atoms with Crippen LogP contribution in [0.25, 0.3) is 0 Å². The Morgan fingerprint density at radius 1 is 0.815 bits per heavy atom. The van der Waals surface area contributed by atoms with Crippen molar-refractivity contribution in [3.63, 3.8) is 0 Å². The van der Waals surface area contributed by atoms with Gasteiger partial charge in [-0.25, -0.2) is 0 Å². The van der Waals surface area contributed by atoms with Gasteiger partial charge >= 0.3 is 7.60 Å². The lowest BCUT2D eigenvalue weighted by atomic mass is 10.1. The first-order chi connectivity index (χ1) is 12.5. The highest BCUT2D eigenvalue weighted by Gasteiger charge is 2.48. The van der Waals surface area contributed by atoms with Crippen molar-refractivity contribution in [2.24, 2.45) is 0 Å². The molecular weight excluding hydrogens is 361 g/mol. The minimum absolute atomic E-state index is 0.0258. The SMILES string of the molecule is CCCC/C=C\CCCCCC/C=C\CCC(O)(C[N+](C)(C)C)P(=O)(O)O. The highest BCUT2D eigenvalue weighted by Crippen LogP contribution is 2.52. The van der Waals surface area contributed by atoms with E-state index in [0.29, 0.717) is 10.9 Å². The second-order valence-electron chi connectivity index (χ2n) is 8.59. The van der Waals surface area contributed by atoms with Crippen molar-refractivity contribution in [2.45, 2.75) is 82.9 Å². The minimum Gasteiger partial charge on any atom is -0.373 e. The van der Waals surface area contributed by atoms with E-state index < -0.39 is 12.9 Å². The molecule has 0 heterocycles. The van der Waals surface area contributed by atoms with E-state index in [4.69, 9.17) is 0 Å². The second kappa shape index (κ2) is 13.7. The summed E-state index contributed by atoms with van der Waals surface area (Å²) in [5, 5.41) is 8.50. The fourth-order valence-corrected chi connectivity index (χ4v) is 4.09. The summed E-state index contributed by atoms with van der Waals surface area (Å²) in [6, 6.07) is 0. The molecule has 0 spiro atoms. The number of rotatable bonds is 16. The third-order valence-corrected chi connectivity index (χ3v) is 5.98. The summed E-state index contributed by atoms with van der Waals surface area (Å²) < 4.78 is 12.0. The zero-order chi connectivity index (χ0) is 20.8. The quantitative estimate of drug-likeness (QED) is 0.147. The Bertz CT molecular complexity index is 479. The molecule has 0 aliphatic rings. The summed E-state index contributed by atoms with van der Waals surface area (Å²) in [6.45, 7) is 2.24. The lowest BCUT2D eigenvalue weighted by molar-refractivity contribution is -0.875. The molecule has 6 heteroatoms. The fraction of sp³-hybridized carbons (Fsp3) is 0.810. The minimum atomic E-state index is -4.57. The van der Waals surface area contributed by atoms with Crippen LogP contribution in [-0.4, -0.2) is 52.4 Å². The van der Waals surface area contributed by atoms with Crippen LogP contribution in [0.2, 0.25) is 0 Å². The predicted molar refractivity (Wildman–Crippen MR) is 115 cm³/mol. The molecule has 0 amide bonds. The van der Waals surface area contributed by atoms with Gasteiger partial charge in [0.15, 0.2) is 0 Å². The predicted octanol–water partition coefficient (Wildman–Crippen LogP) is 4.98. The monoisotopic (exact) mass is 404 g/mol.